The number of nitrogens with zero attached hydrogens (tertiary/aromatic N) is 2. The summed E-state index contributed by atoms with van der Waals surface area (Å²) in [6, 6.07) is 18.2. The van der Waals surface area contributed by atoms with Gasteiger partial charge in [-0.2, -0.15) is 16.9 Å². The lowest BCUT2D eigenvalue weighted by Gasteiger charge is -2.11. The van der Waals surface area contributed by atoms with E-state index in [2.05, 4.69) is 27.9 Å². The summed E-state index contributed by atoms with van der Waals surface area (Å²) in [4.78, 5) is 25.0. The van der Waals surface area contributed by atoms with Gasteiger partial charge in [0.2, 0.25) is 11.8 Å². The van der Waals surface area contributed by atoms with Crippen molar-refractivity contribution in [2.75, 3.05) is 11.9 Å². The number of fused-ring (bicyclic) bond motifs is 1. The lowest BCUT2D eigenvalue weighted by molar-refractivity contribution is -0.122. The van der Waals surface area contributed by atoms with Gasteiger partial charge in [0.1, 0.15) is 12.4 Å². The van der Waals surface area contributed by atoms with Crippen LogP contribution >= 0.6 is 11.8 Å². The van der Waals surface area contributed by atoms with Crippen LogP contribution in [0.1, 0.15) is 30.2 Å². The molecule has 1 aliphatic heterocycles. The fourth-order valence-electron chi connectivity index (χ4n) is 3.58. The van der Waals surface area contributed by atoms with Crippen molar-refractivity contribution in [3.05, 3.63) is 71.4 Å². The van der Waals surface area contributed by atoms with Gasteiger partial charge < -0.3 is 10.6 Å². The minimum atomic E-state index is -0.109. The number of hydrogen-bond donors (Lipinski definition) is 2. The van der Waals surface area contributed by atoms with Crippen molar-refractivity contribution in [2.24, 2.45) is 0 Å². The van der Waals surface area contributed by atoms with Gasteiger partial charge in [-0.3, -0.25) is 9.59 Å². The minimum absolute atomic E-state index is 0.0947. The molecule has 0 aliphatic carbocycles. The number of aromatic nitrogens is 2. The summed E-state index contributed by atoms with van der Waals surface area (Å²) in [6.07, 6.45) is 1.15. The highest BCUT2D eigenvalue weighted by Crippen LogP contribution is 2.34. The molecule has 7 heteroatoms. The number of carbonyl (C=O) groups excluding carboxylic acids is 2. The molecule has 0 saturated carbocycles. The van der Waals surface area contributed by atoms with E-state index >= 15 is 0 Å². The van der Waals surface area contributed by atoms with Crippen LogP contribution in [0.15, 0.2) is 54.6 Å². The molecule has 2 aromatic carbocycles. The van der Waals surface area contributed by atoms with Crippen molar-refractivity contribution < 1.29 is 9.59 Å². The monoisotopic (exact) mass is 434 g/mol. The summed E-state index contributed by atoms with van der Waals surface area (Å²) in [5.41, 5.74) is 5.19. The molecular formula is C24H26N4O2S. The highest BCUT2D eigenvalue weighted by molar-refractivity contribution is 7.98. The van der Waals surface area contributed by atoms with Gasteiger partial charge in [0.25, 0.3) is 0 Å². The Morgan fingerprint density at radius 1 is 1.00 bits per heavy atom. The summed E-state index contributed by atoms with van der Waals surface area (Å²) in [5, 5.41) is 10.4. The van der Waals surface area contributed by atoms with E-state index in [0.29, 0.717) is 12.4 Å². The van der Waals surface area contributed by atoms with Gasteiger partial charge in [-0.05, 0) is 23.1 Å². The molecular weight excluding hydrogens is 408 g/mol. The smallest absolute Gasteiger partial charge is 0.241 e. The number of anilines is 1. The fraction of sp³-hybridized carbons (Fsp3) is 0.292. The Labute approximate surface area is 186 Å². The quantitative estimate of drug-likeness (QED) is 0.562. The Bertz CT molecular complexity index is 1060. The number of rotatable bonds is 8. The van der Waals surface area contributed by atoms with Crippen LogP contribution in [0.5, 0.6) is 0 Å². The molecule has 2 amide bonds. The fourth-order valence-corrected chi connectivity index (χ4v) is 4.62. The summed E-state index contributed by atoms with van der Waals surface area (Å²) >= 11 is 1.77. The van der Waals surface area contributed by atoms with E-state index in [1.165, 1.54) is 0 Å². The average Bonchev–Trinajstić information content (AvgIpc) is 3.36. The molecule has 0 fully saturated rings. The van der Waals surface area contributed by atoms with Crippen LogP contribution in [-0.2, 0) is 34.1 Å². The third-order valence-electron chi connectivity index (χ3n) is 5.17. The van der Waals surface area contributed by atoms with E-state index in [4.69, 9.17) is 0 Å². The SMILES string of the molecule is CCCNC(=O)Cn1nc2c(c1NC(=O)Cc1ccc(-c3ccccc3)cc1)CSC2. The largest absolute Gasteiger partial charge is 0.355 e. The zero-order valence-corrected chi connectivity index (χ0v) is 18.4. The normalized spacial score (nSPS) is 12.4. The highest BCUT2D eigenvalue weighted by atomic mass is 32.2. The summed E-state index contributed by atoms with van der Waals surface area (Å²) in [7, 11) is 0. The first kappa shape index (κ1) is 21.2. The second kappa shape index (κ2) is 9.83. The van der Waals surface area contributed by atoms with E-state index in [1.54, 1.807) is 16.4 Å². The molecule has 1 aliphatic rings. The minimum Gasteiger partial charge on any atom is -0.355 e. The molecule has 4 rings (SSSR count). The van der Waals surface area contributed by atoms with Crippen LogP contribution in [0.2, 0.25) is 0 Å². The molecule has 0 unspecified atom stereocenters. The second-order valence-corrected chi connectivity index (χ2v) is 8.55. The van der Waals surface area contributed by atoms with Crippen LogP contribution in [-0.4, -0.2) is 28.1 Å². The maximum atomic E-state index is 12.8. The van der Waals surface area contributed by atoms with Gasteiger partial charge in [0.15, 0.2) is 0 Å². The zero-order valence-electron chi connectivity index (χ0n) is 17.6. The van der Waals surface area contributed by atoms with E-state index in [9.17, 15) is 9.59 Å². The van der Waals surface area contributed by atoms with Crippen LogP contribution in [0.25, 0.3) is 11.1 Å². The van der Waals surface area contributed by atoms with E-state index in [-0.39, 0.29) is 24.8 Å². The number of carbonyl (C=O) groups is 2. The number of hydrogen-bond acceptors (Lipinski definition) is 4. The van der Waals surface area contributed by atoms with Gasteiger partial charge >= 0.3 is 0 Å². The molecule has 160 valence electrons. The lowest BCUT2D eigenvalue weighted by atomic mass is 10.0. The molecule has 0 saturated heterocycles. The first-order valence-corrected chi connectivity index (χ1v) is 11.7. The van der Waals surface area contributed by atoms with Crippen molar-refractivity contribution in [2.45, 2.75) is 37.8 Å². The van der Waals surface area contributed by atoms with Crippen molar-refractivity contribution in [1.82, 2.24) is 15.1 Å². The summed E-state index contributed by atoms with van der Waals surface area (Å²) in [5.74, 6) is 2.05. The van der Waals surface area contributed by atoms with Gasteiger partial charge in [0, 0.05) is 23.6 Å². The van der Waals surface area contributed by atoms with Crippen molar-refractivity contribution in [3.8, 4) is 11.1 Å². The van der Waals surface area contributed by atoms with Crippen molar-refractivity contribution in [3.63, 3.8) is 0 Å². The first-order valence-electron chi connectivity index (χ1n) is 10.5. The third-order valence-corrected chi connectivity index (χ3v) is 6.14. The van der Waals surface area contributed by atoms with Crippen molar-refractivity contribution in [1.29, 1.82) is 0 Å². The van der Waals surface area contributed by atoms with E-state index in [0.717, 1.165) is 45.9 Å². The predicted octanol–water partition coefficient (Wildman–Crippen LogP) is 4.00. The first-order chi connectivity index (χ1) is 15.1. The Kier molecular flexibility index (Phi) is 6.72. The second-order valence-electron chi connectivity index (χ2n) is 7.56. The Morgan fingerprint density at radius 3 is 2.48 bits per heavy atom. The lowest BCUT2D eigenvalue weighted by Crippen LogP contribution is -2.29. The standard InChI is InChI=1S/C24H26N4O2S/c1-2-12-25-23(30)14-28-24(20-15-31-16-21(20)27-28)26-22(29)13-17-8-10-19(11-9-17)18-6-4-3-5-7-18/h3-11H,2,12-16H2,1H3,(H,25,30)(H,26,29). The van der Waals surface area contributed by atoms with Gasteiger partial charge in [0.05, 0.1) is 12.1 Å². The summed E-state index contributed by atoms with van der Waals surface area (Å²) < 4.78 is 1.63. The van der Waals surface area contributed by atoms with Gasteiger partial charge in [-0.15, -0.1) is 0 Å². The molecule has 31 heavy (non-hydrogen) atoms. The maximum Gasteiger partial charge on any atom is 0.241 e. The Hall–Kier alpha value is -3.06. The number of nitrogens with one attached hydrogen (secondary N) is 2. The third kappa shape index (κ3) is 5.17. The summed E-state index contributed by atoms with van der Waals surface area (Å²) in [6.45, 7) is 2.76. The predicted molar refractivity (Wildman–Crippen MR) is 125 cm³/mol. The van der Waals surface area contributed by atoms with Crippen LogP contribution in [0.3, 0.4) is 0 Å². The van der Waals surface area contributed by atoms with Crippen LogP contribution < -0.4 is 10.6 Å². The molecule has 0 atom stereocenters. The highest BCUT2D eigenvalue weighted by Gasteiger charge is 2.24. The van der Waals surface area contributed by atoms with Gasteiger partial charge in [-0.25, -0.2) is 4.68 Å². The number of benzene rings is 2. The molecule has 6 nitrogen and oxygen atoms in total. The maximum absolute atomic E-state index is 12.8. The van der Waals surface area contributed by atoms with Crippen LogP contribution in [0.4, 0.5) is 5.82 Å². The Balaban J connectivity index is 1.44. The number of thioether (sulfide) groups is 1. The molecule has 0 radical (unpaired) electrons. The van der Waals surface area contributed by atoms with Gasteiger partial charge in [-0.1, -0.05) is 61.5 Å². The topological polar surface area (TPSA) is 76.0 Å². The van der Waals surface area contributed by atoms with E-state index in [1.807, 2.05) is 49.4 Å². The molecule has 0 spiro atoms. The molecule has 1 aromatic heterocycles. The van der Waals surface area contributed by atoms with E-state index < -0.39 is 0 Å². The molecule has 0 bridgehead atoms. The molecule has 3 aromatic rings. The zero-order chi connectivity index (χ0) is 21.6. The molecule has 2 heterocycles. The Morgan fingerprint density at radius 2 is 1.74 bits per heavy atom. The van der Waals surface area contributed by atoms with Crippen molar-refractivity contribution >= 4 is 29.4 Å². The number of amides is 2. The average molecular weight is 435 g/mol. The van der Waals surface area contributed by atoms with Crippen LogP contribution in [0, 0.1) is 0 Å². The molecule has 2 N–H and O–H groups in total.